The average molecular weight is 226 g/mol. The van der Waals surface area contributed by atoms with Gasteiger partial charge in [0.15, 0.2) is 0 Å². The van der Waals surface area contributed by atoms with Gasteiger partial charge in [-0.1, -0.05) is 20.8 Å². The molecule has 0 unspecified atom stereocenters. The molecule has 0 aromatic carbocycles. The highest BCUT2D eigenvalue weighted by molar-refractivity contribution is 5.15. The van der Waals surface area contributed by atoms with Crippen LogP contribution in [0.25, 0.3) is 0 Å². The molecule has 0 radical (unpaired) electrons. The van der Waals surface area contributed by atoms with Gasteiger partial charge in [0.05, 0.1) is 25.5 Å². The van der Waals surface area contributed by atoms with Crippen molar-refractivity contribution in [3.63, 3.8) is 0 Å². The largest absolute Gasteiger partial charge is 0.382 e. The number of hydrogen-bond donors (Lipinski definition) is 0. The summed E-state index contributed by atoms with van der Waals surface area (Å²) in [4.78, 5) is 0. The van der Waals surface area contributed by atoms with E-state index in [4.69, 9.17) is 9.47 Å². The molecule has 0 saturated carbocycles. The third-order valence-corrected chi connectivity index (χ3v) is 2.56. The highest BCUT2D eigenvalue weighted by Crippen LogP contribution is 2.22. The zero-order valence-electron chi connectivity index (χ0n) is 10.9. The zero-order valence-corrected chi connectivity index (χ0v) is 10.9. The summed E-state index contributed by atoms with van der Waals surface area (Å²) in [5.41, 5.74) is 1.35. The van der Waals surface area contributed by atoms with Crippen molar-refractivity contribution in [3.8, 4) is 0 Å². The van der Waals surface area contributed by atoms with Gasteiger partial charge >= 0.3 is 0 Å². The van der Waals surface area contributed by atoms with E-state index in [1.807, 2.05) is 10.9 Å². The highest BCUT2D eigenvalue weighted by Gasteiger charge is 2.18. The molecular weight excluding hydrogens is 204 g/mol. The summed E-state index contributed by atoms with van der Waals surface area (Å²) in [5, 5.41) is 4.38. The lowest BCUT2D eigenvalue weighted by Gasteiger charge is -2.17. The Hall–Kier alpha value is -0.870. The SMILES string of the molecule is COCC(COC)n1cc(C(C)(C)C)cn1. The van der Waals surface area contributed by atoms with Crippen molar-refractivity contribution in [2.45, 2.75) is 32.2 Å². The number of aromatic nitrogens is 2. The summed E-state index contributed by atoms with van der Waals surface area (Å²) >= 11 is 0. The number of rotatable bonds is 5. The topological polar surface area (TPSA) is 36.3 Å². The molecule has 1 heterocycles. The number of ether oxygens (including phenoxy) is 2. The molecule has 92 valence electrons. The fraction of sp³-hybridized carbons (Fsp3) is 0.750. The van der Waals surface area contributed by atoms with Crippen LogP contribution in [0.5, 0.6) is 0 Å². The van der Waals surface area contributed by atoms with Crippen LogP contribution in [-0.4, -0.2) is 37.2 Å². The van der Waals surface area contributed by atoms with E-state index in [0.717, 1.165) is 0 Å². The lowest BCUT2D eigenvalue weighted by atomic mass is 9.90. The van der Waals surface area contributed by atoms with Crippen molar-refractivity contribution < 1.29 is 9.47 Å². The van der Waals surface area contributed by atoms with E-state index in [1.54, 1.807) is 14.2 Å². The monoisotopic (exact) mass is 226 g/mol. The Morgan fingerprint density at radius 2 is 1.81 bits per heavy atom. The second-order valence-electron chi connectivity index (χ2n) is 5.02. The highest BCUT2D eigenvalue weighted by atomic mass is 16.5. The molecule has 0 aliphatic heterocycles. The summed E-state index contributed by atoms with van der Waals surface area (Å²) in [6.45, 7) is 7.75. The van der Waals surface area contributed by atoms with Crippen LogP contribution in [-0.2, 0) is 14.9 Å². The summed E-state index contributed by atoms with van der Waals surface area (Å²) in [6.07, 6.45) is 3.99. The molecule has 1 aromatic rings. The fourth-order valence-corrected chi connectivity index (χ4v) is 1.51. The molecule has 0 aliphatic rings. The molecule has 1 aromatic heterocycles. The van der Waals surface area contributed by atoms with Crippen molar-refractivity contribution >= 4 is 0 Å². The van der Waals surface area contributed by atoms with Crippen LogP contribution < -0.4 is 0 Å². The number of hydrogen-bond acceptors (Lipinski definition) is 3. The van der Waals surface area contributed by atoms with E-state index in [0.29, 0.717) is 13.2 Å². The first-order chi connectivity index (χ1) is 7.49. The van der Waals surface area contributed by atoms with Crippen LogP contribution in [0.1, 0.15) is 32.4 Å². The Kier molecular flexibility index (Phi) is 4.50. The Morgan fingerprint density at radius 3 is 2.19 bits per heavy atom. The molecule has 0 amide bonds. The van der Waals surface area contributed by atoms with Gasteiger partial charge < -0.3 is 9.47 Å². The van der Waals surface area contributed by atoms with Gasteiger partial charge in [0.25, 0.3) is 0 Å². The van der Waals surface area contributed by atoms with Crippen LogP contribution in [0, 0.1) is 0 Å². The first-order valence-electron chi connectivity index (χ1n) is 5.51. The van der Waals surface area contributed by atoms with Gasteiger partial charge in [0.1, 0.15) is 0 Å². The average Bonchev–Trinajstić information content (AvgIpc) is 2.65. The maximum Gasteiger partial charge on any atom is 0.0985 e. The minimum Gasteiger partial charge on any atom is -0.382 e. The molecule has 0 atom stereocenters. The van der Waals surface area contributed by atoms with Crippen molar-refractivity contribution in [1.82, 2.24) is 9.78 Å². The zero-order chi connectivity index (χ0) is 12.2. The Balaban J connectivity index is 2.81. The lowest BCUT2D eigenvalue weighted by Crippen LogP contribution is -2.20. The summed E-state index contributed by atoms with van der Waals surface area (Å²) in [5.74, 6) is 0. The van der Waals surface area contributed by atoms with E-state index >= 15 is 0 Å². The van der Waals surface area contributed by atoms with Crippen molar-refractivity contribution in [2.24, 2.45) is 0 Å². The van der Waals surface area contributed by atoms with Crippen molar-refractivity contribution in [2.75, 3.05) is 27.4 Å². The molecule has 0 fully saturated rings. The van der Waals surface area contributed by atoms with Crippen LogP contribution in [0.4, 0.5) is 0 Å². The molecule has 4 nitrogen and oxygen atoms in total. The van der Waals surface area contributed by atoms with Gasteiger partial charge in [-0.15, -0.1) is 0 Å². The van der Waals surface area contributed by atoms with Crippen molar-refractivity contribution in [1.29, 1.82) is 0 Å². The second kappa shape index (κ2) is 5.46. The molecule has 0 saturated heterocycles. The molecule has 0 N–H and O–H groups in total. The maximum absolute atomic E-state index is 5.16. The predicted octanol–water partition coefficient (Wildman–Crippen LogP) is 2.01. The Bertz CT molecular complexity index is 309. The molecule has 0 aliphatic carbocycles. The summed E-state index contributed by atoms with van der Waals surface area (Å²) in [7, 11) is 3.38. The minimum atomic E-state index is 0.128. The number of nitrogens with zero attached hydrogens (tertiary/aromatic N) is 2. The Labute approximate surface area is 97.6 Å². The van der Waals surface area contributed by atoms with Gasteiger partial charge in [-0.05, 0) is 11.0 Å². The van der Waals surface area contributed by atoms with Gasteiger partial charge in [0.2, 0.25) is 0 Å². The quantitative estimate of drug-likeness (QED) is 0.770. The molecule has 0 bridgehead atoms. The maximum atomic E-state index is 5.16. The molecule has 1 rings (SSSR count). The van der Waals surface area contributed by atoms with Gasteiger partial charge in [-0.25, -0.2) is 0 Å². The van der Waals surface area contributed by atoms with E-state index in [2.05, 4.69) is 32.1 Å². The van der Waals surface area contributed by atoms with Crippen LogP contribution >= 0.6 is 0 Å². The summed E-state index contributed by atoms with van der Waals surface area (Å²) < 4.78 is 12.3. The Morgan fingerprint density at radius 1 is 1.25 bits per heavy atom. The van der Waals surface area contributed by atoms with Crippen molar-refractivity contribution in [3.05, 3.63) is 18.0 Å². The fourth-order valence-electron chi connectivity index (χ4n) is 1.51. The molecule has 16 heavy (non-hydrogen) atoms. The minimum absolute atomic E-state index is 0.128. The number of methoxy groups -OCH3 is 2. The molecule has 4 heteroatoms. The van der Waals surface area contributed by atoms with Gasteiger partial charge in [-0.2, -0.15) is 5.10 Å². The van der Waals surface area contributed by atoms with E-state index in [-0.39, 0.29) is 11.5 Å². The third-order valence-electron chi connectivity index (χ3n) is 2.56. The molecule has 0 spiro atoms. The third kappa shape index (κ3) is 3.32. The second-order valence-corrected chi connectivity index (χ2v) is 5.02. The van der Waals surface area contributed by atoms with Crippen LogP contribution in [0.3, 0.4) is 0 Å². The smallest absolute Gasteiger partial charge is 0.0985 e. The van der Waals surface area contributed by atoms with Crippen LogP contribution in [0.15, 0.2) is 12.4 Å². The van der Waals surface area contributed by atoms with Gasteiger partial charge in [0, 0.05) is 20.4 Å². The normalized spacial score (nSPS) is 12.4. The lowest BCUT2D eigenvalue weighted by molar-refractivity contribution is 0.0838. The summed E-state index contributed by atoms with van der Waals surface area (Å²) in [6, 6.07) is 0.145. The van der Waals surface area contributed by atoms with E-state index in [1.165, 1.54) is 5.56 Å². The first kappa shape index (κ1) is 13.2. The van der Waals surface area contributed by atoms with Gasteiger partial charge in [-0.3, -0.25) is 4.68 Å². The first-order valence-corrected chi connectivity index (χ1v) is 5.51. The predicted molar refractivity (Wildman–Crippen MR) is 63.7 cm³/mol. The van der Waals surface area contributed by atoms with E-state index < -0.39 is 0 Å². The van der Waals surface area contributed by atoms with E-state index in [9.17, 15) is 0 Å². The van der Waals surface area contributed by atoms with Crippen LogP contribution in [0.2, 0.25) is 0 Å². The standard InChI is InChI=1S/C12H22N2O2/c1-12(2,3)10-6-13-14(7-10)11(8-15-4)9-16-5/h6-7,11H,8-9H2,1-5H3. The molecular formula is C12H22N2O2.